The van der Waals surface area contributed by atoms with E-state index in [1.165, 1.54) is 10.6 Å². The fraction of sp³-hybridized carbons (Fsp3) is 0.421. The molecule has 0 bridgehead atoms. The number of hydrogen-bond donors (Lipinski definition) is 0. The van der Waals surface area contributed by atoms with Gasteiger partial charge in [-0.15, -0.1) is 5.11 Å². The van der Waals surface area contributed by atoms with Gasteiger partial charge in [-0.05, 0) is 25.8 Å². The van der Waals surface area contributed by atoms with Crippen LogP contribution in [0.1, 0.15) is 25.5 Å². The smallest absolute Gasteiger partial charge is 0.353 e. The van der Waals surface area contributed by atoms with E-state index in [9.17, 15) is 13.2 Å². The van der Waals surface area contributed by atoms with Gasteiger partial charge in [-0.25, -0.2) is 24.9 Å². The molecule has 2 aliphatic heterocycles. The number of azo groups is 1. The molecule has 0 radical (unpaired) electrons. The molecule has 0 N–H and O–H groups in total. The molecule has 9 nitrogen and oxygen atoms in total. The Kier molecular flexibility index (Phi) is 4.63. The van der Waals surface area contributed by atoms with Crippen molar-refractivity contribution in [2.75, 3.05) is 18.1 Å². The Hall–Kier alpha value is -3.44. The van der Waals surface area contributed by atoms with Gasteiger partial charge in [0.2, 0.25) is 0 Å². The highest BCUT2D eigenvalue weighted by Gasteiger charge is 2.34. The lowest BCUT2D eigenvalue weighted by atomic mass is 9.89. The van der Waals surface area contributed by atoms with Crippen LogP contribution in [-0.2, 0) is 6.18 Å². The molecule has 5 rings (SSSR count). The van der Waals surface area contributed by atoms with Gasteiger partial charge in [0.1, 0.15) is 11.5 Å². The van der Waals surface area contributed by atoms with Crippen molar-refractivity contribution in [2.24, 2.45) is 21.1 Å². The summed E-state index contributed by atoms with van der Waals surface area (Å²) in [5.41, 5.74) is -0.359. The zero-order chi connectivity index (χ0) is 21.6. The predicted molar refractivity (Wildman–Crippen MR) is 106 cm³/mol. The van der Waals surface area contributed by atoms with E-state index >= 15 is 0 Å². The highest BCUT2D eigenvalue weighted by molar-refractivity contribution is 5.87. The molecule has 12 heteroatoms. The van der Waals surface area contributed by atoms with Gasteiger partial charge in [0.05, 0.1) is 12.4 Å². The molecule has 1 fully saturated rings. The molecule has 0 saturated carbocycles. The molecule has 2 unspecified atom stereocenters. The van der Waals surface area contributed by atoms with E-state index in [2.05, 4.69) is 47.0 Å². The van der Waals surface area contributed by atoms with Crippen LogP contribution in [-0.4, -0.2) is 49.4 Å². The van der Waals surface area contributed by atoms with Crippen LogP contribution in [0.25, 0.3) is 17.2 Å². The van der Waals surface area contributed by atoms with Crippen LogP contribution in [0.15, 0.2) is 46.1 Å². The van der Waals surface area contributed by atoms with Crippen molar-refractivity contribution in [3.63, 3.8) is 0 Å². The van der Waals surface area contributed by atoms with Crippen molar-refractivity contribution in [1.29, 1.82) is 0 Å². The Morgan fingerprint density at radius 1 is 1.13 bits per heavy atom. The van der Waals surface area contributed by atoms with E-state index in [1.54, 1.807) is 12.3 Å². The number of amidine groups is 1. The second-order valence-electron chi connectivity index (χ2n) is 7.46. The fourth-order valence-electron chi connectivity index (χ4n) is 4.08. The van der Waals surface area contributed by atoms with Crippen molar-refractivity contribution in [2.45, 2.75) is 32.0 Å². The topological polar surface area (TPSA) is 96.3 Å². The van der Waals surface area contributed by atoms with Gasteiger partial charge in [0, 0.05) is 30.9 Å². The normalized spacial score (nSPS) is 21.7. The number of alkyl halides is 3. The first-order chi connectivity index (χ1) is 14.9. The van der Waals surface area contributed by atoms with Crippen LogP contribution in [0.5, 0.6) is 0 Å². The molecule has 3 aromatic rings. The average Bonchev–Trinajstić information content (AvgIpc) is 3.43. The fourth-order valence-corrected chi connectivity index (χ4v) is 4.08. The van der Waals surface area contributed by atoms with Crippen molar-refractivity contribution >= 4 is 17.3 Å². The number of imidazole rings is 1. The maximum Gasteiger partial charge on any atom is 0.434 e. The van der Waals surface area contributed by atoms with Gasteiger partial charge in [-0.3, -0.25) is 4.40 Å². The Morgan fingerprint density at radius 2 is 2.00 bits per heavy atom. The maximum atomic E-state index is 13.1. The van der Waals surface area contributed by atoms with Crippen molar-refractivity contribution in [1.82, 2.24) is 24.3 Å². The van der Waals surface area contributed by atoms with E-state index in [4.69, 9.17) is 0 Å². The minimum Gasteiger partial charge on any atom is -0.353 e. The van der Waals surface area contributed by atoms with Crippen molar-refractivity contribution in [3.05, 3.63) is 36.5 Å². The standard InChI is InChI=1S/C19H18F3N9/c1-11-12(17-26-10-27-29-17)3-2-6-30(11)15-4-5-23-18(28-15)13-7-25-16-8-24-14(9-31(13)16)19(20,21)22/h4-5,7-9,11-12H,2-3,6,10H2,1H3. The summed E-state index contributed by atoms with van der Waals surface area (Å²) in [7, 11) is 0. The summed E-state index contributed by atoms with van der Waals surface area (Å²) in [5.74, 6) is 1.89. The van der Waals surface area contributed by atoms with E-state index in [0.29, 0.717) is 18.2 Å². The van der Waals surface area contributed by atoms with Gasteiger partial charge in [-0.1, -0.05) is 0 Å². The summed E-state index contributed by atoms with van der Waals surface area (Å²) < 4.78 is 40.6. The molecule has 160 valence electrons. The third kappa shape index (κ3) is 3.51. The lowest BCUT2D eigenvalue weighted by Gasteiger charge is -2.39. The van der Waals surface area contributed by atoms with Crippen LogP contribution < -0.4 is 4.90 Å². The second-order valence-corrected chi connectivity index (χ2v) is 7.46. The molecule has 2 atom stereocenters. The lowest BCUT2D eigenvalue weighted by molar-refractivity contribution is -0.141. The number of halogens is 3. The number of fused-ring (bicyclic) bond motifs is 1. The molecular formula is C19H18F3N9. The van der Waals surface area contributed by atoms with E-state index < -0.39 is 11.9 Å². The summed E-state index contributed by atoms with van der Waals surface area (Å²) in [6, 6.07) is 1.89. The molecule has 0 amide bonds. The van der Waals surface area contributed by atoms with Gasteiger partial charge in [0.15, 0.2) is 29.7 Å². The monoisotopic (exact) mass is 429 g/mol. The summed E-state index contributed by atoms with van der Waals surface area (Å²) in [4.78, 5) is 23.0. The highest BCUT2D eigenvalue weighted by Crippen LogP contribution is 2.31. The summed E-state index contributed by atoms with van der Waals surface area (Å²) in [6.45, 7) is 3.27. The van der Waals surface area contributed by atoms with Gasteiger partial charge >= 0.3 is 6.18 Å². The first-order valence-electron chi connectivity index (χ1n) is 9.84. The third-order valence-electron chi connectivity index (χ3n) is 5.64. The Bertz CT molecular complexity index is 1180. The van der Waals surface area contributed by atoms with Crippen LogP contribution in [0, 0.1) is 5.92 Å². The van der Waals surface area contributed by atoms with Gasteiger partial charge in [0.25, 0.3) is 0 Å². The number of anilines is 1. The quantitative estimate of drug-likeness (QED) is 0.633. The summed E-state index contributed by atoms with van der Waals surface area (Å²) in [6.07, 6.45) is 2.41. The SMILES string of the molecule is CC1C(C2=NCN=N2)CCCN1c1ccnc(-c2cnc3cnc(C(F)(F)F)cn23)n1. The largest absolute Gasteiger partial charge is 0.434 e. The molecule has 1 saturated heterocycles. The molecule has 0 spiro atoms. The Labute approximate surface area is 174 Å². The van der Waals surface area contributed by atoms with Crippen LogP contribution in [0.2, 0.25) is 0 Å². The minimum absolute atomic E-state index is 0.0931. The van der Waals surface area contributed by atoms with Crippen LogP contribution >= 0.6 is 0 Å². The zero-order valence-corrected chi connectivity index (χ0v) is 16.5. The Morgan fingerprint density at radius 3 is 2.77 bits per heavy atom. The molecular weight excluding hydrogens is 411 g/mol. The molecule has 0 aliphatic carbocycles. The third-order valence-corrected chi connectivity index (χ3v) is 5.64. The Balaban J connectivity index is 1.50. The molecule has 31 heavy (non-hydrogen) atoms. The van der Waals surface area contributed by atoms with E-state index in [-0.39, 0.29) is 23.4 Å². The van der Waals surface area contributed by atoms with Gasteiger partial charge in [-0.2, -0.15) is 18.3 Å². The second kappa shape index (κ2) is 7.36. The van der Waals surface area contributed by atoms with E-state index in [1.807, 2.05) is 0 Å². The maximum absolute atomic E-state index is 13.1. The predicted octanol–water partition coefficient (Wildman–Crippen LogP) is 3.63. The number of piperidine rings is 1. The first-order valence-corrected chi connectivity index (χ1v) is 9.84. The van der Waals surface area contributed by atoms with Crippen molar-refractivity contribution < 1.29 is 13.2 Å². The van der Waals surface area contributed by atoms with E-state index in [0.717, 1.165) is 37.6 Å². The zero-order valence-electron chi connectivity index (χ0n) is 16.5. The minimum atomic E-state index is -4.56. The van der Waals surface area contributed by atoms with Crippen LogP contribution in [0.3, 0.4) is 0 Å². The number of aliphatic imine (C=N–C) groups is 1. The molecule has 0 aromatic carbocycles. The number of nitrogens with zero attached hydrogens (tertiary/aromatic N) is 9. The van der Waals surface area contributed by atoms with Gasteiger partial charge < -0.3 is 4.90 Å². The molecule has 2 aliphatic rings. The number of rotatable bonds is 3. The first kappa shape index (κ1) is 19.5. The average molecular weight is 429 g/mol. The molecule has 5 heterocycles. The number of hydrogen-bond acceptors (Lipinski definition) is 8. The van der Waals surface area contributed by atoms with Crippen LogP contribution in [0.4, 0.5) is 19.0 Å². The summed E-state index contributed by atoms with van der Waals surface area (Å²) >= 11 is 0. The summed E-state index contributed by atoms with van der Waals surface area (Å²) in [5, 5.41) is 8.12. The van der Waals surface area contributed by atoms with Crippen molar-refractivity contribution in [3.8, 4) is 11.5 Å². The lowest BCUT2D eigenvalue weighted by Crippen LogP contribution is -2.46. The molecule has 3 aromatic heterocycles. The highest BCUT2D eigenvalue weighted by atomic mass is 19.4. The number of aromatic nitrogens is 5.